The molecule has 0 saturated heterocycles. The number of carbonyl (C=O) groups is 3. The van der Waals surface area contributed by atoms with Crippen molar-refractivity contribution in [3.63, 3.8) is 0 Å². The minimum absolute atomic E-state index is 0.105. The van der Waals surface area contributed by atoms with E-state index in [1.165, 1.54) is 18.1 Å². The van der Waals surface area contributed by atoms with Gasteiger partial charge in [0.25, 0.3) is 5.91 Å². The molecule has 8 nitrogen and oxygen atoms in total. The predicted molar refractivity (Wildman–Crippen MR) is 114 cm³/mol. The van der Waals surface area contributed by atoms with Gasteiger partial charge in [-0.05, 0) is 42.8 Å². The molecule has 3 rings (SSSR count). The lowest BCUT2D eigenvalue weighted by atomic mass is 10.1. The van der Waals surface area contributed by atoms with Crippen LogP contribution in [0.4, 0.5) is 11.4 Å². The van der Waals surface area contributed by atoms with Crippen molar-refractivity contribution in [2.45, 2.75) is 19.4 Å². The van der Waals surface area contributed by atoms with Crippen LogP contribution in [-0.4, -0.2) is 37.5 Å². The minimum atomic E-state index is -0.913. The van der Waals surface area contributed by atoms with E-state index in [1.54, 1.807) is 61.5 Å². The Morgan fingerprint density at radius 2 is 2.03 bits per heavy atom. The topological polar surface area (TPSA) is 109 Å². The van der Waals surface area contributed by atoms with Crippen LogP contribution in [0.1, 0.15) is 18.9 Å². The van der Waals surface area contributed by atoms with Crippen molar-refractivity contribution in [3.8, 4) is 11.8 Å². The van der Waals surface area contributed by atoms with Gasteiger partial charge in [-0.1, -0.05) is 24.3 Å². The standard InChI is InChI=1S/C23H21N3O5/c1-15-10-21(27)25-19-8-3-4-9-20(19)26(15)22(28)14-31-23(29)17(13-24)11-16-6-5-7-18(12-16)30-2/h3-9,11-12,15H,10,14H2,1-2H3,(H,25,27)/b17-11+/t15-/m0/s1. The Kier molecular flexibility index (Phi) is 6.67. The Hall–Kier alpha value is -4.12. The largest absolute Gasteiger partial charge is 0.497 e. The van der Waals surface area contributed by atoms with Crippen LogP contribution in [0.25, 0.3) is 6.08 Å². The van der Waals surface area contributed by atoms with Gasteiger partial charge in [0.2, 0.25) is 5.91 Å². The fourth-order valence-corrected chi connectivity index (χ4v) is 3.28. The summed E-state index contributed by atoms with van der Waals surface area (Å²) in [6, 6.07) is 15.1. The van der Waals surface area contributed by atoms with E-state index in [4.69, 9.17) is 9.47 Å². The summed E-state index contributed by atoms with van der Waals surface area (Å²) in [7, 11) is 1.51. The van der Waals surface area contributed by atoms with Crippen LogP contribution in [0.3, 0.4) is 0 Å². The average Bonchev–Trinajstić information content (AvgIpc) is 2.89. The molecule has 1 heterocycles. The molecule has 1 atom stereocenters. The lowest BCUT2D eigenvalue weighted by molar-refractivity contribution is -0.143. The Morgan fingerprint density at radius 3 is 2.77 bits per heavy atom. The van der Waals surface area contributed by atoms with Crippen molar-refractivity contribution in [2.75, 3.05) is 23.9 Å². The number of esters is 1. The van der Waals surface area contributed by atoms with Gasteiger partial charge >= 0.3 is 5.97 Å². The fraction of sp³-hybridized carbons (Fsp3) is 0.217. The number of anilines is 2. The molecule has 1 aliphatic heterocycles. The fourth-order valence-electron chi connectivity index (χ4n) is 3.28. The van der Waals surface area contributed by atoms with Gasteiger partial charge in [-0.3, -0.25) is 9.59 Å². The van der Waals surface area contributed by atoms with Gasteiger partial charge in [0, 0.05) is 12.5 Å². The van der Waals surface area contributed by atoms with Gasteiger partial charge in [0.05, 0.1) is 18.5 Å². The molecule has 2 aromatic carbocycles. The van der Waals surface area contributed by atoms with Gasteiger partial charge in [0.15, 0.2) is 6.61 Å². The molecule has 31 heavy (non-hydrogen) atoms. The van der Waals surface area contributed by atoms with Crippen LogP contribution in [0.2, 0.25) is 0 Å². The maximum atomic E-state index is 12.9. The lowest BCUT2D eigenvalue weighted by Crippen LogP contribution is -2.41. The first kappa shape index (κ1) is 21.6. The molecule has 0 saturated carbocycles. The molecular weight excluding hydrogens is 398 g/mol. The van der Waals surface area contributed by atoms with E-state index >= 15 is 0 Å². The maximum absolute atomic E-state index is 12.9. The number of amides is 2. The second kappa shape index (κ2) is 9.59. The van der Waals surface area contributed by atoms with Crippen molar-refractivity contribution in [3.05, 3.63) is 59.7 Å². The van der Waals surface area contributed by atoms with E-state index in [-0.39, 0.29) is 17.9 Å². The Balaban J connectivity index is 1.74. The molecule has 158 valence electrons. The summed E-state index contributed by atoms with van der Waals surface area (Å²) < 4.78 is 10.2. The smallest absolute Gasteiger partial charge is 0.349 e. The number of nitrogens with one attached hydrogen (secondary N) is 1. The minimum Gasteiger partial charge on any atom is -0.497 e. The molecular formula is C23H21N3O5. The summed E-state index contributed by atoms with van der Waals surface area (Å²) in [5, 5.41) is 12.1. The average molecular weight is 419 g/mol. The highest BCUT2D eigenvalue weighted by Crippen LogP contribution is 2.31. The first-order valence-electron chi connectivity index (χ1n) is 9.57. The van der Waals surface area contributed by atoms with Gasteiger partial charge in [-0.15, -0.1) is 0 Å². The number of fused-ring (bicyclic) bond motifs is 1. The Morgan fingerprint density at radius 1 is 1.26 bits per heavy atom. The first-order valence-corrected chi connectivity index (χ1v) is 9.57. The summed E-state index contributed by atoms with van der Waals surface area (Å²) >= 11 is 0. The van der Waals surface area contributed by atoms with Crippen LogP contribution >= 0.6 is 0 Å². The van der Waals surface area contributed by atoms with E-state index in [9.17, 15) is 19.6 Å². The van der Waals surface area contributed by atoms with Crippen LogP contribution in [0.15, 0.2) is 54.1 Å². The molecule has 1 aliphatic rings. The highest BCUT2D eigenvalue weighted by Gasteiger charge is 2.30. The molecule has 0 bridgehead atoms. The number of hydrogen-bond donors (Lipinski definition) is 1. The second-order valence-electron chi connectivity index (χ2n) is 6.90. The lowest BCUT2D eigenvalue weighted by Gasteiger charge is -2.27. The van der Waals surface area contributed by atoms with Crippen LogP contribution in [0.5, 0.6) is 5.75 Å². The zero-order chi connectivity index (χ0) is 22.4. The van der Waals surface area contributed by atoms with E-state index < -0.39 is 24.5 Å². The molecule has 8 heteroatoms. The van der Waals surface area contributed by atoms with Crippen molar-refractivity contribution in [2.24, 2.45) is 0 Å². The van der Waals surface area contributed by atoms with Crippen molar-refractivity contribution in [1.29, 1.82) is 5.26 Å². The van der Waals surface area contributed by atoms with E-state index in [1.807, 2.05) is 0 Å². The first-order chi connectivity index (χ1) is 14.9. The van der Waals surface area contributed by atoms with Gasteiger partial charge < -0.3 is 19.7 Å². The van der Waals surface area contributed by atoms with Crippen LogP contribution < -0.4 is 15.0 Å². The highest BCUT2D eigenvalue weighted by molar-refractivity contribution is 6.06. The number of hydrogen-bond acceptors (Lipinski definition) is 6. The number of methoxy groups -OCH3 is 1. The monoisotopic (exact) mass is 419 g/mol. The number of rotatable bonds is 5. The summed E-state index contributed by atoms with van der Waals surface area (Å²) in [5.74, 6) is -1.04. The molecule has 0 aliphatic carbocycles. The molecule has 1 N–H and O–H groups in total. The van der Waals surface area contributed by atoms with Crippen molar-refractivity contribution >= 4 is 35.2 Å². The summed E-state index contributed by atoms with van der Waals surface area (Å²) in [5.41, 5.74) is 1.36. The Bertz CT molecular complexity index is 1090. The van der Waals surface area contributed by atoms with E-state index in [0.717, 1.165) is 0 Å². The predicted octanol–water partition coefficient (Wildman–Crippen LogP) is 2.91. The third kappa shape index (κ3) is 5.08. The highest BCUT2D eigenvalue weighted by atomic mass is 16.5. The van der Waals surface area contributed by atoms with E-state index in [2.05, 4.69) is 5.32 Å². The molecule has 0 aromatic heterocycles. The van der Waals surface area contributed by atoms with Crippen LogP contribution in [0, 0.1) is 11.3 Å². The third-order valence-corrected chi connectivity index (χ3v) is 4.70. The zero-order valence-corrected chi connectivity index (χ0v) is 17.1. The number of nitriles is 1. The third-order valence-electron chi connectivity index (χ3n) is 4.70. The number of benzene rings is 2. The van der Waals surface area contributed by atoms with Gasteiger partial charge in [-0.2, -0.15) is 5.26 Å². The summed E-state index contributed by atoms with van der Waals surface area (Å²) in [6.45, 7) is 1.17. The maximum Gasteiger partial charge on any atom is 0.349 e. The molecule has 0 spiro atoms. The second-order valence-corrected chi connectivity index (χ2v) is 6.90. The van der Waals surface area contributed by atoms with E-state index in [0.29, 0.717) is 22.7 Å². The molecule has 2 aromatic rings. The Labute approximate surface area is 179 Å². The number of para-hydroxylation sites is 2. The van der Waals surface area contributed by atoms with Crippen LogP contribution in [-0.2, 0) is 19.1 Å². The quantitative estimate of drug-likeness (QED) is 0.453. The molecule has 0 fully saturated rings. The number of nitrogens with zero attached hydrogens (tertiary/aromatic N) is 2. The van der Waals surface area contributed by atoms with Crippen molar-refractivity contribution < 1.29 is 23.9 Å². The summed E-state index contributed by atoms with van der Waals surface area (Å²) in [6.07, 6.45) is 1.47. The van der Waals surface area contributed by atoms with Gasteiger partial charge in [-0.25, -0.2) is 4.79 Å². The van der Waals surface area contributed by atoms with Crippen molar-refractivity contribution in [1.82, 2.24) is 0 Å². The normalized spacial score (nSPS) is 15.8. The number of carbonyl (C=O) groups excluding carboxylic acids is 3. The molecule has 0 unspecified atom stereocenters. The molecule has 0 radical (unpaired) electrons. The summed E-state index contributed by atoms with van der Waals surface area (Å²) in [4.78, 5) is 38.7. The molecule has 2 amide bonds. The zero-order valence-electron chi connectivity index (χ0n) is 17.1. The SMILES string of the molecule is COc1cccc(/C=C(\C#N)C(=O)OCC(=O)N2c3ccccc3NC(=O)C[C@@H]2C)c1. The number of ether oxygens (including phenoxy) is 2. The van der Waals surface area contributed by atoms with Gasteiger partial charge in [0.1, 0.15) is 17.4 Å².